The predicted octanol–water partition coefficient (Wildman–Crippen LogP) is 1.94. The number of hydrogen-bond donors (Lipinski definition) is 0. The zero-order valence-corrected chi connectivity index (χ0v) is 11.9. The molecule has 1 aliphatic heterocycles. The molecule has 96 valence electrons. The SMILES string of the molecule is CCCCS(=O)(=O)N1CCc2nc(C)sc2C1. The van der Waals surface area contributed by atoms with Crippen LogP contribution in [0.1, 0.15) is 35.3 Å². The fourth-order valence-electron chi connectivity index (χ4n) is 1.99. The molecule has 0 radical (unpaired) electrons. The van der Waals surface area contributed by atoms with Crippen LogP contribution in [-0.4, -0.2) is 30.0 Å². The lowest BCUT2D eigenvalue weighted by atomic mass is 10.2. The van der Waals surface area contributed by atoms with E-state index in [1.807, 2.05) is 13.8 Å². The summed E-state index contributed by atoms with van der Waals surface area (Å²) in [5.41, 5.74) is 1.09. The van der Waals surface area contributed by atoms with Crippen LogP contribution in [0.3, 0.4) is 0 Å². The summed E-state index contributed by atoms with van der Waals surface area (Å²) in [6.45, 7) is 5.09. The maximum Gasteiger partial charge on any atom is 0.214 e. The van der Waals surface area contributed by atoms with Crippen LogP contribution in [0.15, 0.2) is 0 Å². The Hall–Kier alpha value is -0.460. The molecule has 1 aromatic heterocycles. The largest absolute Gasteiger partial charge is 0.246 e. The average Bonchev–Trinajstić information content (AvgIpc) is 2.65. The van der Waals surface area contributed by atoms with Gasteiger partial charge in [0, 0.05) is 24.4 Å². The molecule has 0 amide bonds. The third-order valence-electron chi connectivity index (χ3n) is 2.95. The van der Waals surface area contributed by atoms with E-state index in [9.17, 15) is 8.42 Å². The molecule has 17 heavy (non-hydrogen) atoms. The molecular formula is C11H18N2O2S2. The molecule has 0 fully saturated rings. The highest BCUT2D eigenvalue weighted by molar-refractivity contribution is 7.89. The Morgan fingerprint density at radius 3 is 2.94 bits per heavy atom. The number of hydrogen-bond acceptors (Lipinski definition) is 4. The average molecular weight is 274 g/mol. The first kappa shape index (κ1) is 13.0. The maximum absolute atomic E-state index is 12.1. The fraction of sp³-hybridized carbons (Fsp3) is 0.727. The fourth-order valence-corrected chi connectivity index (χ4v) is 4.68. The quantitative estimate of drug-likeness (QED) is 0.843. The first-order valence-corrected chi connectivity index (χ1v) is 8.38. The monoisotopic (exact) mass is 274 g/mol. The van der Waals surface area contributed by atoms with Crippen LogP contribution in [0.4, 0.5) is 0 Å². The van der Waals surface area contributed by atoms with Crippen LogP contribution in [0.25, 0.3) is 0 Å². The lowest BCUT2D eigenvalue weighted by Crippen LogP contribution is -2.37. The van der Waals surface area contributed by atoms with Gasteiger partial charge in [-0.05, 0) is 13.3 Å². The van der Waals surface area contributed by atoms with Crippen LogP contribution in [0, 0.1) is 6.92 Å². The molecule has 0 spiro atoms. The number of fused-ring (bicyclic) bond motifs is 1. The zero-order chi connectivity index (χ0) is 12.5. The number of aryl methyl sites for hydroxylation is 1. The van der Waals surface area contributed by atoms with Gasteiger partial charge in [-0.3, -0.25) is 0 Å². The van der Waals surface area contributed by atoms with Crippen molar-refractivity contribution in [2.45, 2.75) is 39.7 Å². The smallest absolute Gasteiger partial charge is 0.214 e. The van der Waals surface area contributed by atoms with Crippen molar-refractivity contribution in [3.05, 3.63) is 15.6 Å². The highest BCUT2D eigenvalue weighted by Crippen LogP contribution is 2.26. The van der Waals surface area contributed by atoms with Crippen molar-refractivity contribution in [1.82, 2.24) is 9.29 Å². The number of aromatic nitrogens is 1. The van der Waals surface area contributed by atoms with Gasteiger partial charge in [0.05, 0.1) is 16.5 Å². The number of nitrogens with zero attached hydrogens (tertiary/aromatic N) is 2. The standard InChI is InChI=1S/C11H18N2O2S2/c1-3-4-7-17(14,15)13-6-5-10-11(8-13)16-9(2)12-10/h3-8H2,1-2H3. The van der Waals surface area contributed by atoms with Crippen molar-refractivity contribution >= 4 is 21.4 Å². The molecule has 0 aromatic carbocycles. The van der Waals surface area contributed by atoms with E-state index in [2.05, 4.69) is 4.98 Å². The van der Waals surface area contributed by atoms with Crippen molar-refractivity contribution in [1.29, 1.82) is 0 Å². The van der Waals surface area contributed by atoms with Gasteiger partial charge in [-0.1, -0.05) is 13.3 Å². The van der Waals surface area contributed by atoms with E-state index < -0.39 is 10.0 Å². The summed E-state index contributed by atoms with van der Waals surface area (Å²) in [6.07, 6.45) is 2.41. The van der Waals surface area contributed by atoms with Crippen LogP contribution >= 0.6 is 11.3 Å². The van der Waals surface area contributed by atoms with Crippen LogP contribution < -0.4 is 0 Å². The van der Waals surface area contributed by atoms with E-state index in [4.69, 9.17) is 0 Å². The van der Waals surface area contributed by atoms with Gasteiger partial charge in [0.25, 0.3) is 0 Å². The Morgan fingerprint density at radius 1 is 1.47 bits per heavy atom. The Balaban J connectivity index is 2.11. The van der Waals surface area contributed by atoms with Crippen molar-refractivity contribution in [3.63, 3.8) is 0 Å². The molecular weight excluding hydrogens is 256 g/mol. The Morgan fingerprint density at radius 2 is 2.24 bits per heavy atom. The third kappa shape index (κ3) is 2.86. The second-order valence-corrected chi connectivity index (χ2v) is 7.73. The lowest BCUT2D eigenvalue weighted by molar-refractivity contribution is 0.392. The summed E-state index contributed by atoms with van der Waals surface area (Å²) >= 11 is 1.62. The molecule has 0 unspecified atom stereocenters. The van der Waals surface area contributed by atoms with E-state index in [1.54, 1.807) is 15.6 Å². The summed E-state index contributed by atoms with van der Waals surface area (Å²) in [6, 6.07) is 0. The van der Waals surface area contributed by atoms with E-state index in [0.29, 0.717) is 13.1 Å². The minimum absolute atomic E-state index is 0.274. The van der Waals surface area contributed by atoms with Gasteiger partial charge in [-0.2, -0.15) is 4.31 Å². The molecule has 2 rings (SSSR count). The molecule has 6 heteroatoms. The number of sulfonamides is 1. The minimum Gasteiger partial charge on any atom is -0.246 e. The molecule has 0 atom stereocenters. The second kappa shape index (κ2) is 5.04. The first-order chi connectivity index (χ1) is 8.03. The van der Waals surface area contributed by atoms with E-state index in [-0.39, 0.29) is 5.75 Å². The second-order valence-electron chi connectivity index (χ2n) is 4.36. The van der Waals surface area contributed by atoms with Gasteiger partial charge in [0.1, 0.15) is 0 Å². The van der Waals surface area contributed by atoms with Crippen molar-refractivity contribution < 1.29 is 8.42 Å². The number of rotatable bonds is 4. The molecule has 1 aromatic rings. The zero-order valence-electron chi connectivity index (χ0n) is 10.3. The van der Waals surface area contributed by atoms with Gasteiger partial charge in [-0.25, -0.2) is 13.4 Å². The summed E-state index contributed by atoms with van der Waals surface area (Å²) in [5.74, 6) is 0.274. The van der Waals surface area contributed by atoms with Gasteiger partial charge < -0.3 is 0 Å². The summed E-state index contributed by atoms with van der Waals surface area (Å²) < 4.78 is 25.8. The lowest BCUT2D eigenvalue weighted by Gasteiger charge is -2.25. The highest BCUT2D eigenvalue weighted by atomic mass is 32.2. The minimum atomic E-state index is -3.07. The van der Waals surface area contributed by atoms with Gasteiger partial charge in [-0.15, -0.1) is 11.3 Å². The number of unbranched alkanes of at least 4 members (excludes halogenated alkanes) is 1. The van der Waals surface area contributed by atoms with Gasteiger partial charge in [0.15, 0.2) is 0 Å². The molecule has 0 saturated heterocycles. The summed E-state index contributed by atoms with van der Waals surface area (Å²) in [7, 11) is -3.07. The summed E-state index contributed by atoms with van der Waals surface area (Å²) in [5, 5.41) is 1.03. The van der Waals surface area contributed by atoms with Crippen molar-refractivity contribution in [2.75, 3.05) is 12.3 Å². The normalized spacial score (nSPS) is 17.1. The van der Waals surface area contributed by atoms with Crippen LogP contribution in [0.5, 0.6) is 0 Å². The maximum atomic E-state index is 12.1. The van der Waals surface area contributed by atoms with Crippen LogP contribution in [0.2, 0.25) is 0 Å². The van der Waals surface area contributed by atoms with E-state index >= 15 is 0 Å². The molecule has 1 aliphatic rings. The van der Waals surface area contributed by atoms with Crippen molar-refractivity contribution in [3.8, 4) is 0 Å². The Bertz CT molecular complexity index is 494. The van der Waals surface area contributed by atoms with Crippen LogP contribution in [-0.2, 0) is 23.0 Å². The summed E-state index contributed by atoms with van der Waals surface area (Å²) in [4.78, 5) is 5.55. The first-order valence-electron chi connectivity index (χ1n) is 5.96. The molecule has 0 bridgehead atoms. The molecule has 0 saturated carbocycles. The van der Waals surface area contributed by atoms with E-state index in [0.717, 1.165) is 34.8 Å². The predicted molar refractivity (Wildman–Crippen MR) is 69.7 cm³/mol. The molecule has 0 N–H and O–H groups in total. The van der Waals surface area contributed by atoms with Gasteiger partial charge >= 0.3 is 0 Å². The molecule has 0 aliphatic carbocycles. The van der Waals surface area contributed by atoms with Crippen molar-refractivity contribution in [2.24, 2.45) is 0 Å². The van der Waals surface area contributed by atoms with Gasteiger partial charge in [0.2, 0.25) is 10.0 Å². The topological polar surface area (TPSA) is 50.3 Å². The Labute approximate surface area is 107 Å². The third-order valence-corrected chi connectivity index (χ3v) is 5.85. The molecule has 4 nitrogen and oxygen atoms in total. The molecule has 2 heterocycles. The Kier molecular flexibility index (Phi) is 3.85. The van der Waals surface area contributed by atoms with E-state index in [1.165, 1.54) is 0 Å². The highest BCUT2D eigenvalue weighted by Gasteiger charge is 2.27. The number of thiazole rings is 1.